The maximum Gasteiger partial charge on any atom is 0.305 e. The van der Waals surface area contributed by atoms with Crippen molar-refractivity contribution in [1.29, 1.82) is 0 Å². The molecule has 0 saturated carbocycles. The van der Waals surface area contributed by atoms with Crippen LogP contribution >= 0.6 is 11.3 Å². The number of anilines is 1. The number of rotatable bonds is 10. The Balaban J connectivity index is 1.75. The van der Waals surface area contributed by atoms with E-state index < -0.39 is 0 Å². The molecule has 1 aromatic carbocycles. The van der Waals surface area contributed by atoms with E-state index in [0.29, 0.717) is 42.4 Å². The van der Waals surface area contributed by atoms with Gasteiger partial charge in [0, 0.05) is 23.9 Å². The van der Waals surface area contributed by atoms with Gasteiger partial charge in [-0.1, -0.05) is 37.6 Å². The van der Waals surface area contributed by atoms with Gasteiger partial charge in [0.2, 0.25) is 5.78 Å². The van der Waals surface area contributed by atoms with Crippen LogP contribution in [0, 0.1) is 6.92 Å². The fourth-order valence-electron chi connectivity index (χ4n) is 2.27. The minimum absolute atomic E-state index is 0.0627. The monoisotopic (exact) mass is 360 g/mol. The van der Waals surface area contributed by atoms with Crippen LogP contribution in [-0.2, 0) is 9.53 Å². The fraction of sp³-hybridized carbons (Fsp3) is 0.421. The molecule has 0 aliphatic rings. The average Bonchev–Trinajstić information content (AvgIpc) is 3.08. The second-order valence-corrected chi connectivity index (χ2v) is 6.64. The maximum atomic E-state index is 12.5. The van der Waals surface area contributed by atoms with E-state index in [2.05, 4.69) is 10.3 Å². The molecule has 0 bridgehead atoms. The van der Waals surface area contributed by atoms with Crippen molar-refractivity contribution in [2.75, 3.05) is 18.5 Å². The summed E-state index contributed by atoms with van der Waals surface area (Å²) in [6.45, 7) is 5.01. The number of esters is 1. The standard InChI is InChI=1S/C19H24N2O3S/c1-3-4-10-17(22)24-12-7-11-20-19-21-16(13-25-19)18(23)15-9-6-5-8-14(15)2/h5-6,8-9,13H,3-4,7,10-12H2,1-2H3,(H,20,21). The van der Waals surface area contributed by atoms with Gasteiger partial charge in [0.1, 0.15) is 5.69 Å². The van der Waals surface area contributed by atoms with Crippen molar-refractivity contribution in [1.82, 2.24) is 4.98 Å². The molecule has 0 amide bonds. The quantitative estimate of drug-likeness (QED) is 0.390. The summed E-state index contributed by atoms with van der Waals surface area (Å²) in [7, 11) is 0. The first-order valence-corrected chi connectivity index (χ1v) is 9.45. The lowest BCUT2D eigenvalue weighted by Gasteiger charge is -2.05. The molecule has 6 heteroatoms. The molecule has 2 aromatic rings. The zero-order valence-corrected chi connectivity index (χ0v) is 15.5. The van der Waals surface area contributed by atoms with E-state index in [1.54, 1.807) is 5.38 Å². The number of ether oxygens (including phenoxy) is 1. The summed E-state index contributed by atoms with van der Waals surface area (Å²) in [6, 6.07) is 7.50. The smallest absolute Gasteiger partial charge is 0.305 e. The third kappa shape index (κ3) is 5.98. The Morgan fingerprint density at radius 2 is 2.04 bits per heavy atom. The highest BCUT2D eigenvalue weighted by molar-refractivity contribution is 7.13. The number of unbranched alkanes of at least 4 members (excludes halogenated alkanes) is 1. The van der Waals surface area contributed by atoms with Crippen LogP contribution in [0.25, 0.3) is 0 Å². The molecular weight excluding hydrogens is 336 g/mol. The van der Waals surface area contributed by atoms with Crippen molar-refractivity contribution >= 4 is 28.2 Å². The number of aromatic nitrogens is 1. The molecule has 0 fully saturated rings. The van der Waals surface area contributed by atoms with Gasteiger partial charge >= 0.3 is 5.97 Å². The second-order valence-electron chi connectivity index (χ2n) is 5.79. The van der Waals surface area contributed by atoms with Crippen molar-refractivity contribution in [2.45, 2.75) is 39.5 Å². The lowest BCUT2D eigenvalue weighted by Crippen LogP contribution is -2.10. The molecule has 1 aromatic heterocycles. The number of carbonyl (C=O) groups is 2. The molecular formula is C19H24N2O3S. The average molecular weight is 360 g/mol. The lowest BCUT2D eigenvalue weighted by atomic mass is 10.0. The molecule has 5 nitrogen and oxygen atoms in total. The van der Waals surface area contributed by atoms with Crippen LogP contribution in [0.1, 0.15) is 54.2 Å². The number of benzene rings is 1. The molecule has 0 radical (unpaired) electrons. The summed E-state index contributed by atoms with van der Waals surface area (Å²) < 4.78 is 5.15. The normalized spacial score (nSPS) is 10.5. The van der Waals surface area contributed by atoms with Crippen LogP contribution < -0.4 is 5.32 Å². The first-order valence-electron chi connectivity index (χ1n) is 8.57. The molecule has 25 heavy (non-hydrogen) atoms. The summed E-state index contributed by atoms with van der Waals surface area (Å²) in [4.78, 5) is 28.2. The van der Waals surface area contributed by atoms with Crippen LogP contribution in [0.15, 0.2) is 29.6 Å². The third-order valence-corrected chi connectivity index (χ3v) is 4.52. The first kappa shape index (κ1) is 19.1. The van der Waals surface area contributed by atoms with Gasteiger partial charge in [0.15, 0.2) is 5.13 Å². The number of thiazole rings is 1. The van der Waals surface area contributed by atoms with E-state index in [1.165, 1.54) is 11.3 Å². The summed E-state index contributed by atoms with van der Waals surface area (Å²) >= 11 is 1.40. The molecule has 0 saturated heterocycles. The number of hydrogen-bond acceptors (Lipinski definition) is 6. The molecule has 0 unspecified atom stereocenters. The van der Waals surface area contributed by atoms with Gasteiger partial charge in [0.25, 0.3) is 0 Å². The van der Waals surface area contributed by atoms with Crippen molar-refractivity contribution in [3.05, 3.63) is 46.5 Å². The predicted molar refractivity (Wildman–Crippen MR) is 100 cm³/mol. The van der Waals surface area contributed by atoms with Gasteiger partial charge in [-0.05, 0) is 25.3 Å². The Bertz CT molecular complexity index is 712. The summed E-state index contributed by atoms with van der Waals surface area (Å²) in [5.74, 6) is -0.200. The Morgan fingerprint density at radius 3 is 2.80 bits per heavy atom. The lowest BCUT2D eigenvalue weighted by molar-refractivity contribution is -0.143. The van der Waals surface area contributed by atoms with Gasteiger partial charge in [-0.15, -0.1) is 11.3 Å². The van der Waals surface area contributed by atoms with E-state index in [4.69, 9.17) is 4.74 Å². The fourth-order valence-corrected chi connectivity index (χ4v) is 2.99. The van der Waals surface area contributed by atoms with Crippen molar-refractivity contribution < 1.29 is 14.3 Å². The highest BCUT2D eigenvalue weighted by Crippen LogP contribution is 2.19. The van der Waals surface area contributed by atoms with Crippen LogP contribution in [0.2, 0.25) is 0 Å². The summed E-state index contributed by atoms with van der Waals surface area (Å²) in [6.07, 6.45) is 3.05. The highest BCUT2D eigenvalue weighted by Gasteiger charge is 2.14. The molecule has 0 spiro atoms. The topological polar surface area (TPSA) is 68.3 Å². The van der Waals surface area contributed by atoms with E-state index in [-0.39, 0.29) is 11.8 Å². The largest absolute Gasteiger partial charge is 0.466 e. The van der Waals surface area contributed by atoms with E-state index in [0.717, 1.165) is 18.4 Å². The van der Waals surface area contributed by atoms with Crippen LogP contribution in [0.4, 0.5) is 5.13 Å². The summed E-state index contributed by atoms with van der Waals surface area (Å²) in [5.41, 5.74) is 2.08. The van der Waals surface area contributed by atoms with E-state index >= 15 is 0 Å². The zero-order valence-electron chi connectivity index (χ0n) is 14.7. The SMILES string of the molecule is CCCCC(=O)OCCCNc1nc(C(=O)c2ccccc2C)cs1. The van der Waals surface area contributed by atoms with Crippen LogP contribution in [0.5, 0.6) is 0 Å². The predicted octanol–water partition coefficient (Wildman–Crippen LogP) is 4.22. The number of nitrogens with one attached hydrogen (secondary N) is 1. The number of ketones is 1. The van der Waals surface area contributed by atoms with E-state index in [9.17, 15) is 9.59 Å². The zero-order chi connectivity index (χ0) is 18.1. The molecule has 1 N–H and O–H groups in total. The number of carbonyl (C=O) groups excluding carboxylic acids is 2. The summed E-state index contributed by atoms with van der Waals surface area (Å²) in [5, 5.41) is 5.64. The Labute approximate surface area is 152 Å². The molecule has 2 rings (SSSR count). The first-order chi connectivity index (χ1) is 12.1. The van der Waals surface area contributed by atoms with Gasteiger partial charge < -0.3 is 10.1 Å². The Kier molecular flexibility index (Phi) is 7.60. The molecule has 1 heterocycles. The van der Waals surface area contributed by atoms with Crippen molar-refractivity contribution in [2.24, 2.45) is 0 Å². The van der Waals surface area contributed by atoms with Gasteiger partial charge in [-0.2, -0.15) is 0 Å². The second kappa shape index (κ2) is 9.93. The van der Waals surface area contributed by atoms with Crippen LogP contribution in [-0.4, -0.2) is 29.9 Å². The minimum Gasteiger partial charge on any atom is -0.466 e. The highest BCUT2D eigenvalue weighted by atomic mass is 32.1. The van der Waals surface area contributed by atoms with Crippen molar-refractivity contribution in [3.63, 3.8) is 0 Å². The third-order valence-electron chi connectivity index (χ3n) is 3.72. The number of nitrogens with zero attached hydrogens (tertiary/aromatic N) is 1. The van der Waals surface area contributed by atoms with Gasteiger partial charge in [0.05, 0.1) is 6.61 Å². The van der Waals surface area contributed by atoms with Crippen LogP contribution in [0.3, 0.4) is 0 Å². The number of hydrogen-bond donors (Lipinski definition) is 1. The minimum atomic E-state index is -0.137. The number of aryl methyl sites for hydroxylation is 1. The van der Waals surface area contributed by atoms with Gasteiger partial charge in [-0.25, -0.2) is 4.98 Å². The maximum absolute atomic E-state index is 12.5. The molecule has 134 valence electrons. The molecule has 0 atom stereocenters. The molecule has 0 aliphatic carbocycles. The molecule has 0 aliphatic heterocycles. The Morgan fingerprint density at radius 1 is 1.24 bits per heavy atom. The Hall–Kier alpha value is -2.21. The van der Waals surface area contributed by atoms with Gasteiger partial charge in [-0.3, -0.25) is 9.59 Å². The van der Waals surface area contributed by atoms with Crippen molar-refractivity contribution in [3.8, 4) is 0 Å². The van der Waals surface area contributed by atoms with E-state index in [1.807, 2.05) is 38.1 Å².